The Morgan fingerprint density at radius 2 is 1.90 bits per heavy atom. The van der Waals surface area contributed by atoms with Gasteiger partial charge in [-0.3, -0.25) is 0 Å². The van der Waals surface area contributed by atoms with Crippen molar-refractivity contribution >= 4 is 8.58 Å². The van der Waals surface area contributed by atoms with E-state index in [2.05, 4.69) is 13.8 Å². The Hall–Kier alpha value is 0.390. The monoisotopic (exact) mass is 296 g/mol. The average molecular weight is 296 g/mol. The summed E-state index contributed by atoms with van der Waals surface area (Å²) >= 11 is 0. The minimum absolute atomic E-state index is 0.651. The molecule has 20 heavy (non-hydrogen) atoms. The normalized spacial score (nSPS) is 41.4. The highest BCUT2D eigenvalue weighted by atomic mass is 31.1. The summed E-state index contributed by atoms with van der Waals surface area (Å²) in [6, 6.07) is 0. The van der Waals surface area contributed by atoms with Crippen LogP contribution < -0.4 is 0 Å². The molecule has 0 aromatic heterocycles. The van der Waals surface area contributed by atoms with Gasteiger partial charge in [0, 0.05) is 0 Å². The molecule has 3 fully saturated rings. The maximum absolute atomic E-state index is 5.39. The molecule has 7 unspecified atom stereocenters. The van der Waals surface area contributed by atoms with Gasteiger partial charge < -0.3 is 4.74 Å². The third kappa shape index (κ3) is 3.58. The van der Waals surface area contributed by atoms with Gasteiger partial charge in [0.05, 0.1) is 12.7 Å². The van der Waals surface area contributed by atoms with Gasteiger partial charge in [0.15, 0.2) is 0 Å². The first kappa shape index (κ1) is 15.3. The van der Waals surface area contributed by atoms with Gasteiger partial charge in [-0.1, -0.05) is 39.5 Å². The van der Waals surface area contributed by atoms with Gasteiger partial charge >= 0.3 is 0 Å². The summed E-state index contributed by atoms with van der Waals surface area (Å²) in [5.74, 6) is 4.37. The lowest BCUT2D eigenvalue weighted by molar-refractivity contribution is 0.297. The standard InChI is InChI=1S/C18H33OP/c1-3-4-5-6-14-7-8-18-16(9-10-17(14)18)13(2)20-12-15-11-19-15/h13-18,20H,3-12H2,1-2H3. The van der Waals surface area contributed by atoms with Gasteiger partial charge in [0.25, 0.3) is 0 Å². The van der Waals surface area contributed by atoms with Gasteiger partial charge in [-0.15, -0.1) is 8.58 Å². The molecule has 0 aromatic rings. The summed E-state index contributed by atoms with van der Waals surface area (Å²) in [5.41, 5.74) is 0.976. The number of epoxide rings is 1. The molecule has 0 N–H and O–H groups in total. The van der Waals surface area contributed by atoms with Crippen molar-refractivity contribution in [2.75, 3.05) is 12.8 Å². The first-order valence-corrected chi connectivity index (χ1v) is 10.4. The summed E-state index contributed by atoms with van der Waals surface area (Å²) in [6.07, 6.45) is 14.1. The van der Waals surface area contributed by atoms with Gasteiger partial charge in [-0.05, 0) is 61.2 Å². The Morgan fingerprint density at radius 1 is 1.10 bits per heavy atom. The third-order valence-corrected chi connectivity index (χ3v) is 8.06. The zero-order valence-electron chi connectivity index (χ0n) is 13.4. The van der Waals surface area contributed by atoms with Crippen LogP contribution in [-0.2, 0) is 4.74 Å². The largest absolute Gasteiger partial charge is 0.373 e. The molecular formula is C18H33OP. The van der Waals surface area contributed by atoms with Crippen molar-refractivity contribution in [2.45, 2.75) is 77.0 Å². The highest BCUT2D eigenvalue weighted by Gasteiger charge is 2.45. The molecule has 1 saturated heterocycles. The van der Waals surface area contributed by atoms with Crippen LogP contribution in [0.1, 0.15) is 65.2 Å². The molecule has 1 aliphatic heterocycles. The molecule has 1 nitrogen and oxygen atoms in total. The van der Waals surface area contributed by atoms with Gasteiger partial charge in [0.2, 0.25) is 0 Å². The molecule has 0 spiro atoms. The molecule has 3 rings (SSSR count). The fourth-order valence-electron chi connectivity index (χ4n) is 5.05. The summed E-state index contributed by atoms with van der Waals surface area (Å²) in [7, 11) is 1.16. The van der Waals surface area contributed by atoms with E-state index >= 15 is 0 Å². The van der Waals surface area contributed by atoms with Crippen molar-refractivity contribution in [3.8, 4) is 0 Å². The van der Waals surface area contributed by atoms with Crippen LogP contribution in [-0.4, -0.2) is 24.5 Å². The maximum atomic E-state index is 5.39. The lowest BCUT2D eigenvalue weighted by Crippen LogP contribution is -2.20. The SMILES string of the molecule is CCCCCC1CCC2C1CCC2C(C)PCC1CO1. The molecule has 0 amide bonds. The van der Waals surface area contributed by atoms with Crippen molar-refractivity contribution < 1.29 is 4.74 Å². The van der Waals surface area contributed by atoms with Gasteiger partial charge in [0.1, 0.15) is 0 Å². The molecule has 2 aliphatic carbocycles. The highest BCUT2D eigenvalue weighted by Crippen LogP contribution is 2.55. The molecule has 1 heterocycles. The molecule has 0 aromatic carbocycles. The second-order valence-corrected chi connectivity index (χ2v) is 9.28. The Kier molecular flexibility index (Phi) is 5.43. The fourth-order valence-corrected chi connectivity index (χ4v) is 6.64. The smallest absolute Gasteiger partial charge is 0.0846 e. The summed E-state index contributed by atoms with van der Waals surface area (Å²) in [4.78, 5) is 0. The van der Waals surface area contributed by atoms with E-state index in [0.29, 0.717) is 6.10 Å². The molecule has 2 heteroatoms. The second kappa shape index (κ2) is 7.10. The van der Waals surface area contributed by atoms with Gasteiger partial charge in [-0.2, -0.15) is 0 Å². The van der Waals surface area contributed by atoms with E-state index in [9.17, 15) is 0 Å². The number of rotatable bonds is 8. The topological polar surface area (TPSA) is 12.5 Å². The summed E-state index contributed by atoms with van der Waals surface area (Å²) in [6.45, 7) is 5.92. The average Bonchev–Trinajstić information content (AvgIpc) is 3.05. The second-order valence-electron chi connectivity index (χ2n) is 7.55. The van der Waals surface area contributed by atoms with E-state index in [0.717, 1.165) is 44.5 Å². The quantitative estimate of drug-likeness (QED) is 0.345. The summed E-state index contributed by atoms with van der Waals surface area (Å²) < 4.78 is 5.39. The Morgan fingerprint density at radius 3 is 2.65 bits per heavy atom. The molecule has 0 bridgehead atoms. The van der Waals surface area contributed by atoms with Crippen LogP contribution in [0.15, 0.2) is 0 Å². The van der Waals surface area contributed by atoms with E-state index in [4.69, 9.17) is 4.74 Å². The zero-order chi connectivity index (χ0) is 13.9. The van der Waals surface area contributed by atoms with Crippen LogP contribution in [0.4, 0.5) is 0 Å². The molecular weight excluding hydrogens is 263 g/mol. The molecule has 2 saturated carbocycles. The first-order valence-electron chi connectivity index (χ1n) is 9.14. The summed E-state index contributed by atoms with van der Waals surface area (Å²) in [5, 5.41) is 0. The van der Waals surface area contributed by atoms with E-state index in [1.54, 1.807) is 25.7 Å². The van der Waals surface area contributed by atoms with Crippen LogP contribution in [0.3, 0.4) is 0 Å². The molecule has 3 aliphatic rings. The predicted octanol–water partition coefficient (Wildman–Crippen LogP) is 5.08. The van der Waals surface area contributed by atoms with Crippen LogP contribution in [0, 0.1) is 23.7 Å². The van der Waals surface area contributed by atoms with Crippen molar-refractivity contribution in [2.24, 2.45) is 23.7 Å². The Bertz CT molecular complexity index is 302. The van der Waals surface area contributed by atoms with E-state index in [-0.39, 0.29) is 0 Å². The third-order valence-electron chi connectivity index (χ3n) is 6.30. The predicted molar refractivity (Wildman–Crippen MR) is 89.0 cm³/mol. The number of hydrogen-bond donors (Lipinski definition) is 0. The minimum atomic E-state index is 0.651. The molecule has 7 atom stereocenters. The lowest BCUT2D eigenvalue weighted by Gasteiger charge is -2.26. The lowest BCUT2D eigenvalue weighted by atomic mass is 9.85. The van der Waals surface area contributed by atoms with E-state index < -0.39 is 0 Å². The van der Waals surface area contributed by atoms with E-state index in [1.807, 2.05) is 0 Å². The Balaban J connectivity index is 1.45. The number of fused-ring (bicyclic) bond motifs is 1. The number of ether oxygens (including phenoxy) is 1. The van der Waals surface area contributed by atoms with Gasteiger partial charge in [-0.25, -0.2) is 0 Å². The highest BCUT2D eigenvalue weighted by molar-refractivity contribution is 7.38. The fraction of sp³-hybridized carbons (Fsp3) is 1.00. The number of unbranched alkanes of at least 4 members (excludes halogenated alkanes) is 2. The van der Waals surface area contributed by atoms with Crippen LogP contribution in [0.2, 0.25) is 0 Å². The number of hydrogen-bond acceptors (Lipinski definition) is 1. The minimum Gasteiger partial charge on any atom is -0.373 e. The first-order chi connectivity index (χ1) is 9.79. The van der Waals surface area contributed by atoms with Crippen molar-refractivity contribution in [1.29, 1.82) is 0 Å². The Labute approximate surface area is 127 Å². The van der Waals surface area contributed by atoms with Crippen molar-refractivity contribution in [3.63, 3.8) is 0 Å². The van der Waals surface area contributed by atoms with Crippen LogP contribution in [0.25, 0.3) is 0 Å². The van der Waals surface area contributed by atoms with Crippen molar-refractivity contribution in [3.05, 3.63) is 0 Å². The van der Waals surface area contributed by atoms with Crippen molar-refractivity contribution in [1.82, 2.24) is 0 Å². The molecule has 116 valence electrons. The molecule has 0 radical (unpaired) electrons. The van der Waals surface area contributed by atoms with Crippen LogP contribution >= 0.6 is 8.58 Å². The van der Waals surface area contributed by atoms with E-state index in [1.165, 1.54) is 31.8 Å². The zero-order valence-corrected chi connectivity index (χ0v) is 14.4. The maximum Gasteiger partial charge on any atom is 0.0846 e. The van der Waals surface area contributed by atoms with Crippen LogP contribution in [0.5, 0.6) is 0 Å².